The van der Waals surface area contributed by atoms with Crippen LogP contribution in [0.3, 0.4) is 0 Å². The number of ether oxygens (including phenoxy) is 1. The molecule has 7 heteroatoms. The van der Waals surface area contributed by atoms with Gasteiger partial charge in [-0.2, -0.15) is 0 Å². The van der Waals surface area contributed by atoms with Gasteiger partial charge >= 0.3 is 6.36 Å². The fraction of sp³-hybridized carbons (Fsp3) is 0.538. The number of halogens is 4. The third kappa shape index (κ3) is 3.49. The molecule has 0 bridgehead atoms. The third-order valence-electron chi connectivity index (χ3n) is 3.33. The van der Waals surface area contributed by atoms with Crippen LogP contribution in [0.1, 0.15) is 19.8 Å². The molecule has 3 nitrogen and oxygen atoms in total. The van der Waals surface area contributed by atoms with Crippen LogP contribution in [0.5, 0.6) is 5.75 Å². The largest absolute Gasteiger partial charge is 0.573 e. The molecule has 1 aromatic carbocycles. The van der Waals surface area contributed by atoms with E-state index in [4.69, 9.17) is 11.6 Å². The van der Waals surface area contributed by atoms with Gasteiger partial charge < -0.3 is 14.7 Å². The molecular weight excluding hydrogens is 295 g/mol. The quantitative estimate of drug-likeness (QED) is 0.926. The Bertz CT molecular complexity index is 479. The van der Waals surface area contributed by atoms with E-state index in [0.29, 0.717) is 5.69 Å². The molecule has 0 amide bonds. The first kappa shape index (κ1) is 15.3. The van der Waals surface area contributed by atoms with Crippen LogP contribution in [-0.2, 0) is 0 Å². The normalized spacial score (nSPS) is 21.1. The van der Waals surface area contributed by atoms with Crippen molar-refractivity contribution in [2.75, 3.05) is 11.4 Å². The van der Waals surface area contributed by atoms with E-state index in [9.17, 15) is 18.3 Å². The van der Waals surface area contributed by atoms with Crippen LogP contribution in [0.25, 0.3) is 0 Å². The molecule has 1 heterocycles. The number of aliphatic hydroxyl groups excluding tert-OH is 1. The standard InChI is InChI=1S/C13H15ClF3NO2/c1-8(19)11-3-2-6-18(11)9-4-5-12(10(14)7-9)20-13(15,16)17/h4-5,7-8,11,19H,2-3,6H2,1H3/t8-,11-/m1/s1. The average Bonchev–Trinajstić information content (AvgIpc) is 2.79. The second-order valence-corrected chi connectivity index (χ2v) is 5.21. The first-order valence-electron chi connectivity index (χ1n) is 6.28. The van der Waals surface area contributed by atoms with Crippen molar-refractivity contribution in [1.29, 1.82) is 0 Å². The Morgan fingerprint density at radius 2 is 2.15 bits per heavy atom. The first-order chi connectivity index (χ1) is 9.28. The van der Waals surface area contributed by atoms with Crippen molar-refractivity contribution < 1.29 is 23.0 Å². The van der Waals surface area contributed by atoms with Crippen molar-refractivity contribution in [1.82, 2.24) is 0 Å². The van der Waals surface area contributed by atoms with Crippen LogP contribution < -0.4 is 9.64 Å². The van der Waals surface area contributed by atoms with Crippen molar-refractivity contribution in [2.24, 2.45) is 0 Å². The minimum atomic E-state index is -4.76. The van der Waals surface area contributed by atoms with E-state index in [2.05, 4.69) is 4.74 Å². The highest BCUT2D eigenvalue weighted by molar-refractivity contribution is 6.32. The fourth-order valence-corrected chi connectivity index (χ4v) is 2.70. The maximum absolute atomic E-state index is 12.2. The number of nitrogens with zero attached hydrogens (tertiary/aromatic N) is 1. The highest BCUT2D eigenvalue weighted by atomic mass is 35.5. The SMILES string of the molecule is C[C@@H](O)[C@H]1CCCN1c1ccc(OC(F)(F)F)c(Cl)c1. The van der Waals surface area contributed by atoms with Gasteiger partial charge in [0.25, 0.3) is 0 Å². The molecule has 1 aliphatic rings. The van der Waals surface area contributed by atoms with Crippen molar-refractivity contribution in [3.8, 4) is 5.75 Å². The number of hydrogen-bond donors (Lipinski definition) is 1. The molecule has 0 spiro atoms. The van der Waals surface area contributed by atoms with Crippen LogP contribution >= 0.6 is 11.6 Å². The Morgan fingerprint density at radius 3 is 2.70 bits per heavy atom. The van der Waals surface area contributed by atoms with E-state index in [1.165, 1.54) is 18.2 Å². The lowest BCUT2D eigenvalue weighted by molar-refractivity contribution is -0.274. The summed E-state index contributed by atoms with van der Waals surface area (Å²) in [4.78, 5) is 1.95. The second-order valence-electron chi connectivity index (χ2n) is 4.81. The number of alkyl halides is 3. The summed E-state index contributed by atoms with van der Waals surface area (Å²) < 4.78 is 40.3. The molecule has 1 saturated heterocycles. The zero-order valence-corrected chi connectivity index (χ0v) is 11.6. The molecule has 20 heavy (non-hydrogen) atoms. The Labute approximate surface area is 119 Å². The molecule has 1 aromatic rings. The van der Waals surface area contributed by atoms with E-state index in [1.54, 1.807) is 6.92 Å². The molecule has 2 rings (SSSR count). The highest BCUT2D eigenvalue weighted by Gasteiger charge is 2.33. The molecule has 2 atom stereocenters. The smallest absolute Gasteiger partial charge is 0.404 e. The minimum Gasteiger partial charge on any atom is -0.404 e. The third-order valence-corrected chi connectivity index (χ3v) is 3.62. The van der Waals surface area contributed by atoms with Gasteiger partial charge in [-0.1, -0.05) is 11.6 Å². The summed E-state index contributed by atoms with van der Waals surface area (Å²) >= 11 is 5.83. The predicted octanol–water partition coefficient (Wildman–Crippen LogP) is 3.59. The van der Waals surface area contributed by atoms with Gasteiger partial charge in [0.15, 0.2) is 0 Å². The summed E-state index contributed by atoms with van der Waals surface area (Å²) in [6.45, 7) is 2.44. The monoisotopic (exact) mass is 309 g/mol. The lowest BCUT2D eigenvalue weighted by Gasteiger charge is -2.29. The first-order valence-corrected chi connectivity index (χ1v) is 6.66. The van der Waals surface area contributed by atoms with Crippen molar-refractivity contribution >= 4 is 17.3 Å². The van der Waals surface area contributed by atoms with Gasteiger partial charge in [0, 0.05) is 12.2 Å². The predicted molar refractivity (Wildman–Crippen MR) is 70.2 cm³/mol. The topological polar surface area (TPSA) is 32.7 Å². The van der Waals surface area contributed by atoms with E-state index >= 15 is 0 Å². The summed E-state index contributed by atoms with van der Waals surface area (Å²) in [5, 5.41) is 9.61. The zero-order chi connectivity index (χ0) is 14.9. The molecule has 112 valence electrons. The molecule has 0 aromatic heterocycles. The molecule has 1 fully saturated rings. The number of anilines is 1. The number of aliphatic hydroxyl groups is 1. The molecule has 0 unspecified atom stereocenters. The van der Waals surface area contributed by atoms with Gasteiger partial charge in [-0.25, -0.2) is 0 Å². The van der Waals surface area contributed by atoms with Crippen LogP contribution in [0.2, 0.25) is 5.02 Å². The van der Waals surface area contributed by atoms with E-state index in [0.717, 1.165) is 19.4 Å². The average molecular weight is 310 g/mol. The van der Waals surface area contributed by atoms with Crippen LogP contribution in [0, 0.1) is 0 Å². The Hall–Kier alpha value is -1.14. The van der Waals surface area contributed by atoms with Crippen molar-refractivity contribution in [2.45, 2.75) is 38.3 Å². The van der Waals surface area contributed by atoms with Gasteiger partial charge in [-0.3, -0.25) is 0 Å². The maximum atomic E-state index is 12.2. The summed E-state index contributed by atoms with van der Waals surface area (Å²) in [6, 6.07) is 4.11. The Morgan fingerprint density at radius 1 is 1.45 bits per heavy atom. The van der Waals surface area contributed by atoms with Gasteiger partial charge in [0.2, 0.25) is 0 Å². The van der Waals surface area contributed by atoms with E-state index in [-0.39, 0.29) is 11.1 Å². The van der Waals surface area contributed by atoms with Crippen molar-refractivity contribution in [3.63, 3.8) is 0 Å². The Balaban J connectivity index is 2.20. The summed E-state index contributed by atoms with van der Waals surface area (Å²) in [5.41, 5.74) is 0.688. The lowest BCUT2D eigenvalue weighted by atomic mass is 10.1. The van der Waals surface area contributed by atoms with Crippen LogP contribution in [0.15, 0.2) is 18.2 Å². The van der Waals surface area contributed by atoms with Crippen LogP contribution in [-0.4, -0.2) is 30.2 Å². The number of rotatable bonds is 3. The number of hydrogen-bond acceptors (Lipinski definition) is 3. The number of benzene rings is 1. The van der Waals surface area contributed by atoms with Gasteiger partial charge in [-0.05, 0) is 38.0 Å². The summed E-state index contributed by atoms with van der Waals surface area (Å²) in [7, 11) is 0. The fourth-order valence-electron chi connectivity index (χ4n) is 2.49. The van der Waals surface area contributed by atoms with E-state index in [1.807, 2.05) is 4.90 Å². The van der Waals surface area contributed by atoms with Crippen molar-refractivity contribution in [3.05, 3.63) is 23.2 Å². The molecular formula is C13H15ClF3NO2. The molecule has 1 aliphatic heterocycles. The van der Waals surface area contributed by atoms with Gasteiger partial charge in [0.05, 0.1) is 17.2 Å². The van der Waals surface area contributed by atoms with Gasteiger partial charge in [-0.15, -0.1) is 13.2 Å². The summed E-state index contributed by atoms with van der Waals surface area (Å²) in [5.74, 6) is -0.421. The second kappa shape index (κ2) is 5.69. The molecule has 0 aliphatic carbocycles. The lowest BCUT2D eigenvalue weighted by Crippen LogP contribution is -2.37. The van der Waals surface area contributed by atoms with Crippen LogP contribution in [0.4, 0.5) is 18.9 Å². The molecule has 1 N–H and O–H groups in total. The highest BCUT2D eigenvalue weighted by Crippen LogP contribution is 2.35. The summed E-state index contributed by atoms with van der Waals surface area (Å²) in [6.07, 6.45) is -3.51. The minimum absolute atomic E-state index is 0.0412. The molecule has 0 saturated carbocycles. The maximum Gasteiger partial charge on any atom is 0.573 e. The van der Waals surface area contributed by atoms with E-state index < -0.39 is 18.2 Å². The molecule has 0 radical (unpaired) electrons. The Kier molecular flexibility index (Phi) is 4.34. The zero-order valence-electron chi connectivity index (χ0n) is 10.8. The van der Waals surface area contributed by atoms with Gasteiger partial charge in [0.1, 0.15) is 5.75 Å².